The van der Waals surface area contributed by atoms with E-state index in [4.69, 9.17) is 18.9 Å². The monoisotopic (exact) mass is 516 g/mol. The van der Waals surface area contributed by atoms with Crippen LogP contribution in [0.2, 0.25) is 0 Å². The third-order valence-electron chi connectivity index (χ3n) is 7.47. The Morgan fingerprint density at radius 3 is 1.34 bits per heavy atom. The van der Waals surface area contributed by atoms with Crippen LogP contribution in [0.25, 0.3) is 21.5 Å². The first-order chi connectivity index (χ1) is 18.1. The van der Waals surface area contributed by atoms with E-state index in [1.165, 1.54) is 0 Å². The summed E-state index contributed by atoms with van der Waals surface area (Å²) in [6.45, 7) is 13.4. The second kappa shape index (κ2) is 9.50. The minimum atomic E-state index is 0.223. The Morgan fingerprint density at radius 1 is 0.658 bits per heavy atom. The molecule has 0 bridgehead atoms. The molecule has 2 aliphatic rings. The van der Waals surface area contributed by atoms with Gasteiger partial charge in [0.2, 0.25) is 0 Å². The van der Waals surface area contributed by atoms with Crippen molar-refractivity contribution in [3.63, 3.8) is 0 Å². The Morgan fingerprint density at radius 2 is 1.03 bits per heavy atom. The SMILES string of the molecule is COc1c(O)c2c3c(cc(C)cc3c1C(C)C)OC2.COc1c(O)c2c3c(cc(C)cc3c1C(C)C)OC2. The highest BCUT2D eigenvalue weighted by atomic mass is 16.5. The molecule has 0 aliphatic carbocycles. The van der Waals surface area contributed by atoms with Gasteiger partial charge in [-0.2, -0.15) is 0 Å². The second-order valence-corrected chi connectivity index (χ2v) is 10.8. The van der Waals surface area contributed by atoms with Gasteiger partial charge in [-0.25, -0.2) is 0 Å². The summed E-state index contributed by atoms with van der Waals surface area (Å²) in [7, 11) is 3.21. The van der Waals surface area contributed by atoms with Crippen LogP contribution in [0.1, 0.15) is 72.9 Å². The van der Waals surface area contributed by atoms with Crippen molar-refractivity contribution in [3.05, 3.63) is 57.6 Å². The molecule has 4 aromatic rings. The number of hydrogen-bond acceptors (Lipinski definition) is 6. The van der Waals surface area contributed by atoms with E-state index in [1.807, 2.05) is 12.1 Å². The van der Waals surface area contributed by atoms with E-state index < -0.39 is 0 Å². The molecule has 0 atom stereocenters. The van der Waals surface area contributed by atoms with Gasteiger partial charge in [0.25, 0.3) is 0 Å². The molecule has 200 valence electrons. The van der Waals surface area contributed by atoms with Gasteiger partial charge >= 0.3 is 0 Å². The van der Waals surface area contributed by atoms with Gasteiger partial charge in [-0.15, -0.1) is 0 Å². The number of rotatable bonds is 4. The van der Waals surface area contributed by atoms with Gasteiger partial charge in [-0.05, 0) is 59.7 Å². The number of ether oxygens (including phenoxy) is 4. The standard InChI is InChI=1S/2C16H18O3/c2*1-8(2)13-10-5-9(3)6-12-14(10)11(7-19-12)15(17)16(13)18-4/h2*5-6,8,17H,7H2,1-4H3. The lowest BCUT2D eigenvalue weighted by molar-refractivity contribution is 0.314. The largest absolute Gasteiger partial charge is 0.504 e. The van der Waals surface area contributed by atoms with Crippen LogP contribution in [-0.2, 0) is 13.2 Å². The number of phenolic OH excluding ortho intramolecular Hbond substituents is 2. The fraction of sp³-hybridized carbons (Fsp3) is 0.375. The van der Waals surface area contributed by atoms with Crippen LogP contribution in [-0.4, -0.2) is 24.4 Å². The summed E-state index contributed by atoms with van der Waals surface area (Å²) < 4.78 is 22.3. The van der Waals surface area contributed by atoms with Crippen molar-refractivity contribution < 1.29 is 29.2 Å². The Kier molecular flexibility index (Phi) is 6.46. The summed E-state index contributed by atoms with van der Waals surface area (Å²) >= 11 is 0. The molecule has 0 spiro atoms. The van der Waals surface area contributed by atoms with E-state index in [2.05, 4.69) is 53.7 Å². The average molecular weight is 517 g/mol. The van der Waals surface area contributed by atoms with Crippen molar-refractivity contribution in [3.8, 4) is 34.5 Å². The lowest BCUT2D eigenvalue weighted by Gasteiger charge is -2.18. The van der Waals surface area contributed by atoms with Gasteiger partial charge in [-0.1, -0.05) is 39.8 Å². The molecule has 6 nitrogen and oxygen atoms in total. The molecular formula is C32H36O6. The van der Waals surface area contributed by atoms with Crippen molar-refractivity contribution >= 4 is 21.5 Å². The normalized spacial score (nSPS) is 13.1. The molecule has 0 saturated carbocycles. The first-order valence-corrected chi connectivity index (χ1v) is 13.1. The van der Waals surface area contributed by atoms with Crippen LogP contribution in [0.3, 0.4) is 0 Å². The van der Waals surface area contributed by atoms with Crippen LogP contribution >= 0.6 is 0 Å². The van der Waals surface area contributed by atoms with Crippen molar-refractivity contribution in [2.45, 2.75) is 66.6 Å². The Labute approximate surface area is 223 Å². The molecule has 2 aliphatic heterocycles. The van der Waals surface area contributed by atoms with Gasteiger partial charge in [0.1, 0.15) is 24.7 Å². The van der Waals surface area contributed by atoms with Crippen LogP contribution in [0.5, 0.6) is 34.5 Å². The molecule has 2 N–H and O–H groups in total. The van der Waals surface area contributed by atoms with Gasteiger partial charge in [0.05, 0.1) is 14.2 Å². The van der Waals surface area contributed by atoms with Crippen LogP contribution in [0.15, 0.2) is 24.3 Å². The van der Waals surface area contributed by atoms with E-state index >= 15 is 0 Å². The third-order valence-corrected chi connectivity index (χ3v) is 7.47. The fourth-order valence-corrected chi connectivity index (χ4v) is 5.93. The molecule has 0 aromatic heterocycles. The van der Waals surface area contributed by atoms with Crippen LogP contribution < -0.4 is 18.9 Å². The van der Waals surface area contributed by atoms with Crippen molar-refractivity contribution in [2.24, 2.45) is 0 Å². The van der Waals surface area contributed by atoms with Crippen LogP contribution in [0.4, 0.5) is 0 Å². The van der Waals surface area contributed by atoms with Crippen molar-refractivity contribution in [1.29, 1.82) is 0 Å². The van der Waals surface area contributed by atoms with E-state index in [9.17, 15) is 10.2 Å². The fourth-order valence-electron chi connectivity index (χ4n) is 5.93. The maximum absolute atomic E-state index is 10.4. The lowest BCUT2D eigenvalue weighted by atomic mass is 9.90. The maximum Gasteiger partial charge on any atom is 0.165 e. The highest BCUT2D eigenvalue weighted by Gasteiger charge is 2.29. The van der Waals surface area contributed by atoms with Gasteiger partial charge < -0.3 is 29.2 Å². The lowest BCUT2D eigenvalue weighted by Crippen LogP contribution is -1.98. The predicted molar refractivity (Wildman–Crippen MR) is 151 cm³/mol. The summed E-state index contributed by atoms with van der Waals surface area (Å²) in [5, 5.41) is 25.2. The topological polar surface area (TPSA) is 77.4 Å². The Bertz CT molecular complexity index is 1460. The third kappa shape index (κ3) is 3.85. The molecule has 0 amide bonds. The Hall–Kier alpha value is -3.80. The zero-order valence-corrected chi connectivity index (χ0v) is 23.4. The second-order valence-electron chi connectivity index (χ2n) is 10.8. The highest BCUT2D eigenvalue weighted by molar-refractivity contribution is 6.00. The molecule has 0 fully saturated rings. The summed E-state index contributed by atoms with van der Waals surface area (Å²) in [6.07, 6.45) is 0. The number of methoxy groups -OCH3 is 2. The maximum atomic E-state index is 10.4. The molecule has 2 heterocycles. The number of benzene rings is 4. The van der Waals surface area contributed by atoms with Gasteiger partial charge in [0.15, 0.2) is 23.0 Å². The van der Waals surface area contributed by atoms with E-state index in [0.717, 1.165) is 66.4 Å². The molecule has 38 heavy (non-hydrogen) atoms. The molecule has 6 rings (SSSR count). The summed E-state index contributed by atoms with van der Waals surface area (Å²) in [6, 6.07) is 8.34. The quantitative estimate of drug-likeness (QED) is 0.289. The van der Waals surface area contributed by atoms with Gasteiger partial charge in [0, 0.05) is 33.0 Å². The van der Waals surface area contributed by atoms with Crippen molar-refractivity contribution in [1.82, 2.24) is 0 Å². The summed E-state index contributed by atoms with van der Waals surface area (Å²) in [4.78, 5) is 0. The smallest absolute Gasteiger partial charge is 0.165 e. The molecule has 0 saturated heterocycles. The van der Waals surface area contributed by atoms with E-state index in [1.54, 1.807) is 14.2 Å². The van der Waals surface area contributed by atoms with E-state index in [0.29, 0.717) is 24.7 Å². The molecular weight excluding hydrogens is 480 g/mol. The molecule has 0 unspecified atom stereocenters. The number of aryl methyl sites for hydroxylation is 2. The number of hydrogen-bond donors (Lipinski definition) is 2. The Balaban J connectivity index is 0.000000155. The first-order valence-electron chi connectivity index (χ1n) is 13.1. The summed E-state index contributed by atoms with van der Waals surface area (Å²) in [5.41, 5.74) is 6.09. The minimum absolute atomic E-state index is 0.223. The minimum Gasteiger partial charge on any atom is -0.504 e. The molecule has 0 radical (unpaired) electrons. The number of phenols is 2. The van der Waals surface area contributed by atoms with Crippen LogP contribution in [0, 0.1) is 13.8 Å². The highest BCUT2D eigenvalue weighted by Crippen LogP contribution is 2.51. The number of aromatic hydroxyl groups is 2. The van der Waals surface area contributed by atoms with E-state index in [-0.39, 0.29) is 23.3 Å². The van der Waals surface area contributed by atoms with Crippen molar-refractivity contribution in [2.75, 3.05) is 14.2 Å². The molecule has 4 aromatic carbocycles. The predicted octanol–water partition coefficient (Wildman–Crippen LogP) is 7.76. The summed E-state index contributed by atoms with van der Waals surface area (Å²) in [5.74, 6) is 3.88. The molecule has 6 heteroatoms. The zero-order valence-electron chi connectivity index (χ0n) is 23.4. The van der Waals surface area contributed by atoms with Gasteiger partial charge in [-0.3, -0.25) is 0 Å². The zero-order chi connectivity index (χ0) is 27.5. The average Bonchev–Trinajstić information content (AvgIpc) is 3.48. The first kappa shape index (κ1) is 25.8.